The Morgan fingerprint density at radius 1 is 0.630 bits per heavy atom. The lowest BCUT2D eigenvalue weighted by atomic mass is 9.99. The predicted molar refractivity (Wildman–Crippen MR) is 109 cm³/mol. The third-order valence-electron chi connectivity index (χ3n) is 4.33. The summed E-state index contributed by atoms with van der Waals surface area (Å²) in [5, 5.41) is 20.8. The SMILES string of the molecule is Oc1cccc(-c2cc(-c3ccccc3Cl)cc(-c3ccccc3O)n2)c1. The standard InChI is InChI=1S/C23H16ClNO2/c24-20-10-3-1-8-18(20)16-13-21(15-6-5-7-17(26)12-15)25-22(14-16)19-9-2-4-11-23(19)27/h1-14,26-27H. The van der Waals surface area contributed by atoms with Gasteiger partial charge in [0.2, 0.25) is 0 Å². The molecular formula is C23H16ClNO2. The molecule has 4 heteroatoms. The van der Waals surface area contributed by atoms with Crippen LogP contribution in [0.2, 0.25) is 5.02 Å². The maximum Gasteiger partial charge on any atom is 0.124 e. The van der Waals surface area contributed by atoms with Crippen molar-refractivity contribution in [2.75, 3.05) is 0 Å². The lowest BCUT2D eigenvalue weighted by molar-refractivity contribution is 0.475. The summed E-state index contributed by atoms with van der Waals surface area (Å²) in [6.45, 7) is 0. The Kier molecular flexibility index (Phi) is 4.53. The number of nitrogens with zero attached hydrogens (tertiary/aromatic N) is 1. The first-order valence-electron chi connectivity index (χ1n) is 8.46. The maximum atomic E-state index is 10.3. The predicted octanol–water partition coefficient (Wildman–Crippen LogP) is 6.15. The number of pyridine rings is 1. The van der Waals surface area contributed by atoms with Crippen LogP contribution in [0.5, 0.6) is 11.5 Å². The first-order valence-corrected chi connectivity index (χ1v) is 8.84. The van der Waals surface area contributed by atoms with E-state index in [1.165, 1.54) is 0 Å². The van der Waals surface area contributed by atoms with Gasteiger partial charge in [0.15, 0.2) is 0 Å². The Labute approximate surface area is 162 Å². The first-order chi connectivity index (χ1) is 13.1. The molecule has 0 amide bonds. The van der Waals surface area contributed by atoms with E-state index in [4.69, 9.17) is 16.6 Å². The van der Waals surface area contributed by atoms with Gasteiger partial charge in [-0.3, -0.25) is 0 Å². The van der Waals surface area contributed by atoms with E-state index in [0.717, 1.165) is 16.7 Å². The number of aromatic nitrogens is 1. The first kappa shape index (κ1) is 17.1. The average molecular weight is 374 g/mol. The van der Waals surface area contributed by atoms with Crippen molar-refractivity contribution in [1.82, 2.24) is 4.98 Å². The van der Waals surface area contributed by atoms with Crippen LogP contribution < -0.4 is 0 Å². The molecular weight excluding hydrogens is 358 g/mol. The monoisotopic (exact) mass is 373 g/mol. The van der Waals surface area contributed by atoms with Crippen LogP contribution in [-0.2, 0) is 0 Å². The summed E-state index contributed by atoms with van der Waals surface area (Å²) in [6.07, 6.45) is 0. The molecule has 0 spiro atoms. The highest BCUT2D eigenvalue weighted by atomic mass is 35.5. The average Bonchev–Trinajstić information content (AvgIpc) is 2.68. The molecule has 2 N–H and O–H groups in total. The number of hydrogen-bond donors (Lipinski definition) is 2. The number of phenolic OH excluding ortho intramolecular Hbond substituents is 2. The lowest BCUT2D eigenvalue weighted by Gasteiger charge is -2.12. The van der Waals surface area contributed by atoms with Crippen molar-refractivity contribution < 1.29 is 10.2 Å². The third kappa shape index (κ3) is 3.50. The minimum Gasteiger partial charge on any atom is -0.508 e. The molecule has 0 unspecified atom stereocenters. The Morgan fingerprint density at radius 2 is 1.33 bits per heavy atom. The summed E-state index contributed by atoms with van der Waals surface area (Å²) in [6, 6.07) is 25.4. The van der Waals surface area contributed by atoms with Crippen molar-refractivity contribution in [3.05, 3.63) is 90.0 Å². The normalized spacial score (nSPS) is 10.7. The molecule has 4 aromatic rings. The summed E-state index contributed by atoms with van der Waals surface area (Å²) in [7, 11) is 0. The van der Waals surface area contributed by atoms with Crippen LogP contribution in [0.15, 0.2) is 84.9 Å². The molecule has 27 heavy (non-hydrogen) atoms. The minimum atomic E-state index is 0.156. The zero-order valence-electron chi connectivity index (χ0n) is 14.3. The largest absolute Gasteiger partial charge is 0.508 e. The van der Waals surface area contributed by atoms with Crippen molar-refractivity contribution in [3.8, 4) is 45.1 Å². The Hall–Kier alpha value is -3.30. The summed E-state index contributed by atoms with van der Waals surface area (Å²) in [4.78, 5) is 4.72. The van der Waals surface area contributed by atoms with Gasteiger partial charge in [-0.15, -0.1) is 0 Å². The van der Waals surface area contributed by atoms with Gasteiger partial charge >= 0.3 is 0 Å². The fraction of sp³-hybridized carbons (Fsp3) is 0. The number of aromatic hydroxyl groups is 2. The molecule has 0 aliphatic rings. The maximum absolute atomic E-state index is 10.3. The van der Waals surface area contributed by atoms with Gasteiger partial charge in [-0.1, -0.05) is 54.1 Å². The molecule has 0 aliphatic heterocycles. The van der Waals surface area contributed by atoms with Gasteiger partial charge in [-0.05, 0) is 48.0 Å². The molecule has 3 nitrogen and oxygen atoms in total. The highest BCUT2D eigenvalue weighted by Gasteiger charge is 2.13. The molecule has 132 valence electrons. The van der Waals surface area contributed by atoms with Crippen LogP contribution in [0.25, 0.3) is 33.6 Å². The van der Waals surface area contributed by atoms with E-state index >= 15 is 0 Å². The van der Waals surface area contributed by atoms with Crippen LogP contribution in [0.3, 0.4) is 0 Å². The Bertz CT molecular complexity index is 1060. The Balaban J connectivity index is 1.97. The molecule has 0 radical (unpaired) electrons. The fourth-order valence-electron chi connectivity index (χ4n) is 3.02. The summed E-state index contributed by atoms with van der Waals surface area (Å²) < 4.78 is 0. The molecule has 0 fully saturated rings. The van der Waals surface area contributed by atoms with E-state index < -0.39 is 0 Å². The second kappa shape index (κ2) is 7.14. The van der Waals surface area contributed by atoms with Gasteiger partial charge in [0.05, 0.1) is 11.4 Å². The molecule has 1 aromatic heterocycles. The highest BCUT2D eigenvalue weighted by molar-refractivity contribution is 6.33. The molecule has 0 saturated heterocycles. The number of hydrogen-bond acceptors (Lipinski definition) is 3. The van der Waals surface area contributed by atoms with Gasteiger partial charge < -0.3 is 10.2 Å². The summed E-state index contributed by atoms with van der Waals surface area (Å²) in [5.74, 6) is 0.324. The second-order valence-corrected chi connectivity index (χ2v) is 6.58. The molecule has 0 atom stereocenters. The number of halogens is 1. The van der Waals surface area contributed by atoms with Crippen molar-refractivity contribution in [2.45, 2.75) is 0 Å². The summed E-state index contributed by atoms with van der Waals surface area (Å²) >= 11 is 6.40. The van der Waals surface area contributed by atoms with E-state index in [1.807, 2.05) is 54.6 Å². The van der Waals surface area contributed by atoms with Gasteiger partial charge in [-0.2, -0.15) is 0 Å². The van der Waals surface area contributed by atoms with Crippen molar-refractivity contribution >= 4 is 11.6 Å². The third-order valence-corrected chi connectivity index (χ3v) is 4.66. The van der Waals surface area contributed by atoms with E-state index in [0.29, 0.717) is 22.0 Å². The molecule has 3 aromatic carbocycles. The molecule has 0 aliphatic carbocycles. The second-order valence-electron chi connectivity index (χ2n) is 6.17. The van der Waals surface area contributed by atoms with Crippen LogP contribution in [0.4, 0.5) is 0 Å². The molecule has 4 rings (SSSR count). The van der Waals surface area contributed by atoms with E-state index in [-0.39, 0.29) is 11.5 Å². The topological polar surface area (TPSA) is 53.4 Å². The number of phenols is 2. The van der Waals surface area contributed by atoms with Crippen LogP contribution >= 0.6 is 11.6 Å². The zero-order valence-corrected chi connectivity index (χ0v) is 15.1. The quantitative estimate of drug-likeness (QED) is 0.453. The van der Waals surface area contributed by atoms with Crippen molar-refractivity contribution in [1.29, 1.82) is 0 Å². The van der Waals surface area contributed by atoms with Crippen LogP contribution in [0, 0.1) is 0 Å². The van der Waals surface area contributed by atoms with Gasteiger partial charge in [0.25, 0.3) is 0 Å². The van der Waals surface area contributed by atoms with E-state index in [2.05, 4.69) is 0 Å². The van der Waals surface area contributed by atoms with Crippen LogP contribution in [-0.4, -0.2) is 15.2 Å². The zero-order chi connectivity index (χ0) is 18.8. The molecule has 0 saturated carbocycles. The summed E-state index contributed by atoms with van der Waals surface area (Å²) in [5.41, 5.74) is 4.48. The number of para-hydroxylation sites is 1. The smallest absolute Gasteiger partial charge is 0.124 e. The van der Waals surface area contributed by atoms with Crippen molar-refractivity contribution in [2.24, 2.45) is 0 Å². The Morgan fingerprint density at radius 3 is 2.07 bits per heavy atom. The number of benzene rings is 3. The minimum absolute atomic E-state index is 0.156. The lowest BCUT2D eigenvalue weighted by Crippen LogP contribution is -1.92. The number of rotatable bonds is 3. The van der Waals surface area contributed by atoms with Crippen molar-refractivity contribution in [3.63, 3.8) is 0 Å². The van der Waals surface area contributed by atoms with Gasteiger partial charge in [0, 0.05) is 21.7 Å². The fourth-order valence-corrected chi connectivity index (χ4v) is 3.27. The van der Waals surface area contributed by atoms with E-state index in [1.54, 1.807) is 30.3 Å². The molecule has 1 heterocycles. The van der Waals surface area contributed by atoms with Gasteiger partial charge in [-0.25, -0.2) is 4.98 Å². The van der Waals surface area contributed by atoms with E-state index in [9.17, 15) is 10.2 Å². The van der Waals surface area contributed by atoms with Gasteiger partial charge in [0.1, 0.15) is 11.5 Å². The molecule has 0 bridgehead atoms. The highest BCUT2D eigenvalue weighted by Crippen LogP contribution is 2.36. The van der Waals surface area contributed by atoms with Crippen LogP contribution in [0.1, 0.15) is 0 Å².